The van der Waals surface area contributed by atoms with Crippen molar-refractivity contribution in [3.8, 4) is 0 Å². The van der Waals surface area contributed by atoms with Crippen LogP contribution in [0.3, 0.4) is 0 Å². The summed E-state index contributed by atoms with van der Waals surface area (Å²) in [6, 6.07) is 7.39. The van der Waals surface area contributed by atoms with Gasteiger partial charge in [-0.2, -0.15) is 0 Å². The number of nitrogens with one attached hydrogen (secondary N) is 1. The van der Waals surface area contributed by atoms with Crippen molar-refractivity contribution in [2.45, 2.75) is 55.5 Å². The number of hydrogen-bond donors (Lipinski definition) is 1. The molecule has 1 unspecified atom stereocenters. The minimum Gasteiger partial charge on any atom is -0.317 e. The van der Waals surface area contributed by atoms with Crippen LogP contribution in [0, 0.1) is 0 Å². The summed E-state index contributed by atoms with van der Waals surface area (Å²) in [6.45, 7) is 0. The van der Waals surface area contributed by atoms with Crippen molar-refractivity contribution in [2.24, 2.45) is 0 Å². The van der Waals surface area contributed by atoms with Crippen molar-refractivity contribution in [2.75, 3.05) is 0 Å². The van der Waals surface area contributed by atoms with Crippen LogP contribution in [0.4, 0.5) is 17.6 Å². The summed E-state index contributed by atoms with van der Waals surface area (Å²) in [5, 5.41) is 7.47. The SMILES string of the molecule is O=S(=O)(N[C@H]1CCC[C@@H](n2cnnc2)C1)C1(OC(F)(F)F)C=CC(c2ccccc2)=C(F)C1. The van der Waals surface area contributed by atoms with E-state index in [4.69, 9.17) is 0 Å². The maximum Gasteiger partial charge on any atom is 0.524 e. The second-order valence-electron chi connectivity index (χ2n) is 8.10. The summed E-state index contributed by atoms with van der Waals surface area (Å²) in [5.41, 5.74) is 0.429. The number of ether oxygens (including phenoxy) is 1. The molecule has 7 nitrogen and oxygen atoms in total. The molecule has 1 saturated carbocycles. The number of aromatic nitrogens is 3. The predicted octanol–water partition coefficient (Wildman–Crippen LogP) is 4.25. The van der Waals surface area contributed by atoms with Crippen LogP contribution >= 0.6 is 0 Å². The third-order valence-corrected chi connectivity index (χ3v) is 7.77. The zero-order chi connectivity index (χ0) is 23.7. The lowest BCUT2D eigenvalue weighted by molar-refractivity contribution is -0.344. The molecule has 1 heterocycles. The molecule has 12 heteroatoms. The molecule has 1 N–H and O–H groups in total. The molecule has 2 aliphatic rings. The summed E-state index contributed by atoms with van der Waals surface area (Å²) in [4.78, 5) is -2.96. The first-order valence-electron chi connectivity index (χ1n) is 10.3. The van der Waals surface area contributed by atoms with Gasteiger partial charge < -0.3 is 4.57 Å². The Morgan fingerprint density at radius 1 is 1.12 bits per heavy atom. The molecular weight excluding hydrogens is 464 g/mol. The maximum absolute atomic E-state index is 15.0. The number of nitrogens with zero attached hydrogens (tertiary/aromatic N) is 3. The molecule has 2 aliphatic carbocycles. The van der Waals surface area contributed by atoms with E-state index in [-0.39, 0.29) is 11.6 Å². The largest absolute Gasteiger partial charge is 0.524 e. The lowest BCUT2D eigenvalue weighted by Gasteiger charge is -2.36. The van der Waals surface area contributed by atoms with Crippen LogP contribution in [0.2, 0.25) is 0 Å². The van der Waals surface area contributed by atoms with Crippen molar-refractivity contribution >= 4 is 15.6 Å². The summed E-state index contributed by atoms with van der Waals surface area (Å²) < 4.78 is 89.5. The van der Waals surface area contributed by atoms with Crippen LogP contribution < -0.4 is 4.72 Å². The fourth-order valence-electron chi connectivity index (χ4n) is 4.31. The molecule has 1 aromatic carbocycles. The average molecular weight is 486 g/mol. The summed E-state index contributed by atoms with van der Waals surface area (Å²) in [7, 11) is -4.80. The smallest absolute Gasteiger partial charge is 0.317 e. The quantitative estimate of drug-likeness (QED) is 0.617. The standard InChI is InChI=1S/C21H22F4N4O3S/c22-19-12-20(32-21(23,24)25,10-9-18(19)15-5-2-1-3-6-15)33(30,31)28-16-7-4-8-17(11-16)29-13-26-27-14-29/h1-3,5-6,9-10,13-14,16-17,28H,4,7-8,11-12H2/t16-,17+,20?/m0/s1. The van der Waals surface area contributed by atoms with Crippen molar-refractivity contribution in [1.82, 2.24) is 19.5 Å². The van der Waals surface area contributed by atoms with Gasteiger partial charge in [-0.3, -0.25) is 4.74 Å². The number of alkyl halides is 3. The first-order valence-corrected chi connectivity index (χ1v) is 11.8. The normalized spacial score (nSPS) is 26.5. The number of rotatable bonds is 6. The number of halogens is 4. The highest BCUT2D eigenvalue weighted by Crippen LogP contribution is 2.42. The average Bonchev–Trinajstić information content (AvgIpc) is 3.28. The molecule has 4 rings (SSSR count). The van der Waals surface area contributed by atoms with Gasteiger partial charge in [0.05, 0.1) is 0 Å². The third kappa shape index (κ3) is 5.17. The second-order valence-corrected chi connectivity index (χ2v) is 10.0. The molecule has 33 heavy (non-hydrogen) atoms. The second kappa shape index (κ2) is 8.99. The van der Waals surface area contributed by atoms with E-state index in [2.05, 4.69) is 19.7 Å². The Labute approximate surface area is 188 Å². The first kappa shape index (κ1) is 23.6. The van der Waals surface area contributed by atoms with Crippen molar-refractivity contribution in [3.63, 3.8) is 0 Å². The number of benzene rings is 1. The fraction of sp³-hybridized carbons (Fsp3) is 0.429. The Morgan fingerprint density at radius 2 is 1.82 bits per heavy atom. The lowest BCUT2D eigenvalue weighted by atomic mass is 9.91. The van der Waals surface area contributed by atoms with Crippen LogP contribution in [0.25, 0.3) is 5.57 Å². The van der Waals surface area contributed by atoms with Crippen LogP contribution in [-0.2, 0) is 14.8 Å². The van der Waals surface area contributed by atoms with E-state index in [1.54, 1.807) is 34.9 Å². The Kier molecular flexibility index (Phi) is 6.43. The van der Waals surface area contributed by atoms with Crippen LogP contribution in [-0.4, -0.2) is 40.5 Å². The van der Waals surface area contributed by atoms with E-state index in [0.29, 0.717) is 24.8 Å². The van der Waals surface area contributed by atoms with Gasteiger partial charge in [-0.1, -0.05) is 36.4 Å². The van der Waals surface area contributed by atoms with Crippen molar-refractivity contribution in [3.05, 3.63) is 66.5 Å². The van der Waals surface area contributed by atoms with E-state index < -0.39 is 39.6 Å². The molecule has 1 aromatic heterocycles. The molecule has 0 bridgehead atoms. The minimum absolute atomic E-state index is 0.0116. The van der Waals surface area contributed by atoms with Crippen LogP contribution in [0.15, 0.2) is 61.0 Å². The third-order valence-electron chi connectivity index (χ3n) is 5.85. The molecule has 1 fully saturated rings. The van der Waals surface area contributed by atoms with Gasteiger partial charge in [0.1, 0.15) is 18.5 Å². The van der Waals surface area contributed by atoms with Crippen molar-refractivity contribution in [1.29, 1.82) is 0 Å². The summed E-state index contributed by atoms with van der Waals surface area (Å²) in [5.74, 6) is -1.01. The van der Waals surface area contributed by atoms with E-state index in [1.807, 2.05) is 0 Å². The van der Waals surface area contributed by atoms with E-state index in [9.17, 15) is 21.6 Å². The fourth-order valence-corrected chi connectivity index (χ4v) is 5.93. The van der Waals surface area contributed by atoms with Crippen molar-refractivity contribution < 1.29 is 30.7 Å². The van der Waals surface area contributed by atoms with Gasteiger partial charge in [0.15, 0.2) is 0 Å². The van der Waals surface area contributed by atoms with Gasteiger partial charge in [-0.25, -0.2) is 17.5 Å². The van der Waals surface area contributed by atoms with E-state index in [1.165, 1.54) is 12.7 Å². The van der Waals surface area contributed by atoms with E-state index in [0.717, 1.165) is 18.6 Å². The number of hydrogen-bond acceptors (Lipinski definition) is 5. The molecule has 0 amide bonds. The van der Waals surface area contributed by atoms with Gasteiger partial charge in [0.2, 0.25) is 15.0 Å². The van der Waals surface area contributed by atoms with Gasteiger partial charge in [0, 0.05) is 24.1 Å². The van der Waals surface area contributed by atoms with Crippen LogP contribution in [0.1, 0.15) is 43.7 Å². The monoisotopic (exact) mass is 486 g/mol. The number of allylic oxidation sites excluding steroid dienone is 2. The summed E-state index contributed by atoms with van der Waals surface area (Å²) >= 11 is 0. The minimum atomic E-state index is -5.30. The molecule has 0 saturated heterocycles. The van der Waals surface area contributed by atoms with Gasteiger partial charge in [0.25, 0.3) is 0 Å². The van der Waals surface area contributed by atoms with Crippen LogP contribution in [0.5, 0.6) is 0 Å². The first-order chi connectivity index (χ1) is 15.6. The zero-order valence-corrected chi connectivity index (χ0v) is 18.2. The molecule has 2 aromatic rings. The van der Waals surface area contributed by atoms with Gasteiger partial charge in [-0.15, -0.1) is 23.4 Å². The highest BCUT2D eigenvalue weighted by atomic mass is 32.2. The zero-order valence-electron chi connectivity index (χ0n) is 17.4. The Balaban J connectivity index is 1.60. The predicted molar refractivity (Wildman–Crippen MR) is 111 cm³/mol. The topological polar surface area (TPSA) is 86.1 Å². The molecule has 0 spiro atoms. The molecule has 178 valence electrons. The molecule has 0 radical (unpaired) electrons. The Hall–Kier alpha value is -2.57. The Morgan fingerprint density at radius 3 is 2.45 bits per heavy atom. The molecule has 3 atom stereocenters. The van der Waals surface area contributed by atoms with E-state index >= 15 is 4.39 Å². The number of sulfonamides is 1. The highest BCUT2D eigenvalue weighted by molar-refractivity contribution is 7.91. The van der Waals surface area contributed by atoms with Gasteiger partial charge in [-0.05, 0) is 37.3 Å². The highest BCUT2D eigenvalue weighted by Gasteiger charge is 2.54. The van der Waals surface area contributed by atoms with Gasteiger partial charge >= 0.3 is 6.36 Å². The summed E-state index contributed by atoms with van der Waals surface area (Å²) in [6.07, 6.45) is 0.549. The molecule has 0 aliphatic heterocycles. The lowest BCUT2D eigenvalue weighted by Crippen LogP contribution is -2.53. The Bertz CT molecular complexity index is 1130. The maximum atomic E-state index is 15.0. The molecular formula is C21H22F4N4O3S.